The molecule has 9 aromatic rings. The molecular weight excluding hydrogens is 543 g/mol. The number of rotatable bonds is 4. The fourth-order valence-electron chi connectivity index (χ4n) is 6.51. The Hall–Kier alpha value is -5.38. The van der Waals surface area contributed by atoms with E-state index in [4.69, 9.17) is 4.42 Å². The number of benzene rings is 7. The summed E-state index contributed by atoms with van der Waals surface area (Å²) < 4.78 is 9.20. The summed E-state index contributed by atoms with van der Waals surface area (Å²) in [6.07, 6.45) is 0. The Morgan fingerprint density at radius 1 is 0.442 bits per heavy atom. The van der Waals surface area contributed by atoms with Gasteiger partial charge in [-0.25, -0.2) is 0 Å². The molecule has 2 nitrogen and oxygen atoms in total. The Labute approximate surface area is 252 Å². The number of furan rings is 1. The maximum Gasteiger partial charge on any atom is 0.143 e. The summed E-state index contributed by atoms with van der Waals surface area (Å²) in [7, 11) is 0. The molecular formula is C40H25NOS. The van der Waals surface area contributed by atoms with Crippen molar-refractivity contribution in [1.82, 2.24) is 0 Å². The highest BCUT2D eigenvalue weighted by atomic mass is 32.1. The van der Waals surface area contributed by atoms with Crippen LogP contribution < -0.4 is 4.90 Å². The second kappa shape index (κ2) is 9.59. The first-order chi connectivity index (χ1) is 21.3. The van der Waals surface area contributed by atoms with Crippen LogP contribution in [0.15, 0.2) is 156 Å². The largest absolute Gasteiger partial charge is 0.455 e. The van der Waals surface area contributed by atoms with Crippen molar-refractivity contribution in [2.45, 2.75) is 0 Å². The number of hydrogen-bond acceptors (Lipinski definition) is 3. The minimum absolute atomic E-state index is 0.886. The van der Waals surface area contributed by atoms with Crippen molar-refractivity contribution in [3.63, 3.8) is 0 Å². The molecule has 0 aliphatic carbocycles. The van der Waals surface area contributed by atoms with Crippen LogP contribution >= 0.6 is 11.3 Å². The first kappa shape index (κ1) is 24.2. The van der Waals surface area contributed by atoms with Crippen molar-refractivity contribution in [3.05, 3.63) is 152 Å². The Balaban J connectivity index is 1.35. The van der Waals surface area contributed by atoms with Crippen molar-refractivity contribution in [2.24, 2.45) is 0 Å². The van der Waals surface area contributed by atoms with Gasteiger partial charge in [0.2, 0.25) is 0 Å². The number of hydrogen-bond donors (Lipinski definition) is 0. The van der Waals surface area contributed by atoms with Crippen LogP contribution in [0.5, 0.6) is 0 Å². The van der Waals surface area contributed by atoms with E-state index in [1.54, 1.807) is 0 Å². The van der Waals surface area contributed by atoms with Gasteiger partial charge in [-0.1, -0.05) is 103 Å². The lowest BCUT2D eigenvalue weighted by atomic mass is 10.0. The van der Waals surface area contributed by atoms with E-state index < -0.39 is 0 Å². The molecule has 202 valence electrons. The van der Waals surface area contributed by atoms with E-state index >= 15 is 0 Å². The minimum Gasteiger partial charge on any atom is -0.455 e. The van der Waals surface area contributed by atoms with Crippen LogP contribution in [0, 0.1) is 0 Å². The van der Waals surface area contributed by atoms with Gasteiger partial charge >= 0.3 is 0 Å². The second-order valence-electron chi connectivity index (χ2n) is 10.9. The molecule has 0 radical (unpaired) electrons. The Morgan fingerprint density at radius 3 is 1.98 bits per heavy atom. The zero-order valence-corrected chi connectivity index (χ0v) is 24.0. The minimum atomic E-state index is 0.886. The zero-order valence-electron chi connectivity index (χ0n) is 23.2. The first-order valence-corrected chi connectivity index (χ1v) is 15.3. The summed E-state index contributed by atoms with van der Waals surface area (Å²) in [4.78, 5) is 2.42. The van der Waals surface area contributed by atoms with E-state index in [1.165, 1.54) is 36.7 Å². The van der Waals surface area contributed by atoms with E-state index in [1.807, 2.05) is 11.3 Å². The molecule has 3 heteroatoms. The predicted molar refractivity (Wildman–Crippen MR) is 184 cm³/mol. The third-order valence-corrected chi connectivity index (χ3v) is 9.60. The zero-order chi connectivity index (χ0) is 28.3. The van der Waals surface area contributed by atoms with Gasteiger partial charge in [0.05, 0.1) is 16.8 Å². The van der Waals surface area contributed by atoms with Gasteiger partial charge in [0, 0.05) is 36.6 Å². The molecule has 0 aliphatic rings. The molecule has 7 aromatic carbocycles. The molecule has 0 saturated carbocycles. The van der Waals surface area contributed by atoms with Gasteiger partial charge in [0.15, 0.2) is 0 Å². The lowest BCUT2D eigenvalue weighted by Gasteiger charge is -2.27. The monoisotopic (exact) mass is 567 g/mol. The van der Waals surface area contributed by atoms with E-state index in [9.17, 15) is 0 Å². The third kappa shape index (κ3) is 3.79. The van der Waals surface area contributed by atoms with Crippen molar-refractivity contribution >= 4 is 81.3 Å². The van der Waals surface area contributed by atoms with Gasteiger partial charge in [-0.15, -0.1) is 11.3 Å². The Bertz CT molecular complexity index is 2450. The highest BCUT2D eigenvalue weighted by molar-refractivity contribution is 7.26. The van der Waals surface area contributed by atoms with Crippen LogP contribution in [0.1, 0.15) is 0 Å². The molecule has 0 N–H and O–H groups in total. The normalized spacial score (nSPS) is 11.7. The van der Waals surface area contributed by atoms with Crippen LogP contribution in [0.25, 0.3) is 64.0 Å². The van der Waals surface area contributed by atoms with Crippen LogP contribution in [0.3, 0.4) is 0 Å². The fourth-order valence-corrected chi connectivity index (χ4v) is 7.63. The van der Waals surface area contributed by atoms with Crippen molar-refractivity contribution in [3.8, 4) is 11.1 Å². The Kier molecular flexibility index (Phi) is 5.40. The van der Waals surface area contributed by atoms with Gasteiger partial charge in [-0.3, -0.25) is 0 Å². The highest BCUT2D eigenvalue weighted by Gasteiger charge is 2.23. The number of thiophene rings is 1. The van der Waals surface area contributed by atoms with Crippen LogP contribution in [0.2, 0.25) is 0 Å². The number of anilines is 3. The van der Waals surface area contributed by atoms with E-state index in [-0.39, 0.29) is 0 Å². The summed E-state index contributed by atoms with van der Waals surface area (Å²) in [6, 6.07) is 54.2. The molecule has 0 fully saturated rings. The molecule has 0 unspecified atom stereocenters. The Morgan fingerprint density at radius 2 is 1.12 bits per heavy atom. The molecule has 0 spiro atoms. The smallest absolute Gasteiger partial charge is 0.143 e. The van der Waals surface area contributed by atoms with Crippen LogP contribution in [-0.2, 0) is 0 Å². The number of nitrogens with zero attached hydrogens (tertiary/aromatic N) is 1. The van der Waals surface area contributed by atoms with Gasteiger partial charge in [0.1, 0.15) is 11.2 Å². The van der Waals surface area contributed by atoms with Crippen LogP contribution in [0.4, 0.5) is 17.1 Å². The summed E-state index contributed by atoms with van der Waals surface area (Å²) >= 11 is 1.85. The predicted octanol–water partition coefficient (Wildman–Crippen LogP) is 12.2. The molecule has 0 atom stereocenters. The summed E-state index contributed by atoms with van der Waals surface area (Å²) in [5.74, 6) is 0. The average Bonchev–Trinajstić information content (AvgIpc) is 3.65. The first-order valence-electron chi connectivity index (χ1n) is 14.5. The van der Waals surface area contributed by atoms with Gasteiger partial charge < -0.3 is 9.32 Å². The highest BCUT2D eigenvalue weighted by Crippen LogP contribution is 2.48. The quantitative estimate of drug-likeness (QED) is 0.210. The third-order valence-electron chi connectivity index (χ3n) is 8.46. The molecule has 0 saturated heterocycles. The molecule has 0 bridgehead atoms. The molecule has 2 heterocycles. The van der Waals surface area contributed by atoms with E-state index in [0.717, 1.165) is 44.4 Å². The van der Waals surface area contributed by atoms with Crippen molar-refractivity contribution in [1.29, 1.82) is 0 Å². The van der Waals surface area contributed by atoms with Crippen LogP contribution in [-0.4, -0.2) is 0 Å². The maximum atomic E-state index is 6.62. The average molecular weight is 568 g/mol. The van der Waals surface area contributed by atoms with Gasteiger partial charge in [-0.2, -0.15) is 0 Å². The SMILES string of the molecule is c1ccc(-c2ccc(N(c3cccc4oc5c6ccccc6ccc5c34)c3cccc4sc5ccccc5c34)cc2)cc1. The summed E-state index contributed by atoms with van der Waals surface area (Å²) in [5.41, 5.74) is 7.58. The lowest BCUT2D eigenvalue weighted by Crippen LogP contribution is -2.10. The fraction of sp³-hybridized carbons (Fsp3) is 0. The number of fused-ring (bicyclic) bond motifs is 8. The summed E-state index contributed by atoms with van der Waals surface area (Å²) in [6.45, 7) is 0. The molecule has 2 aromatic heterocycles. The van der Waals surface area contributed by atoms with Gasteiger partial charge in [0.25, 0.3) is 0 Å². The molecule has 0 aliphatic heterocycles. The van der Waals surface area contributed by atoms with Crippen molar-refractivity contribution < 1.29 is 4.42 Å². The molecule has 43 heavy (non-hydrogen) atoms. The van der Waals surface area contributed by atoms with Gasteiger partial charge in [-0.05, 0) is 65.0 Å². The van der Waals surface area contributed by atoms with Crippen molar-refractivity contribution in [2.75, 3.05) is 4.90 Å². The summed E-state index contributed by atoms with van der Waals surface area (Å²) in [5, 5.41) is 7.10. The topological polar surface area (TPSA) is 16.4 Å². The molecule has 9 rings (SSSR count). The van der Waals surface area contributed by atoms with E-state index in [2.05, 4.69) is 157 Å². The standard InChI is InChI=1S/C40H25NOS/c1-2-10-26(11-3-1)27-20-23-29(24-21-27)41(34-16-9-19-37-39(34)31-14-6-7-18-36(31)43-37)33-15-8-17-35-38(33)32-25-22-28-12-4-5-13-30(28)40(32)42-35/h1-25H. The van der Waals surface area contributed by atoms with E-state index in [0.29, 0.717) is 0 Å². The molecule has 0 amide bonds. The second-order valence-corrected chi connectivity index (χ2v) is 12.0. The maximum absolute atomic E-state index is 6.62. The lowest BCUT2D eigenvalue weighted by molar-refractivity contribution is 0.672.